The van der Waals surface area contributed by atoms with E-state index in [0.29, 0.717) is 37.4 Å². The van der Waals surface area contributed by atoms with Crippen molar-refractivity contribution in [1.29, 1.82) is 0 Å². The molecule has 0 spiro atoms. The normalized spacial score (nSPS) is 16.4. The molecule has 0 radical (unpaired) electrons. The van der Waals surface area contributed by atoms with Gasteiger partial charge in [-0.1, -0.05) is 37.3 Å². The summed E-state index contributed by atoms with van der Waals surface area (Å²) in [5.74, 6) is 3.32. The zero-order chi connectivity index (χ0) is 23.9. The Bertz CT molecular complexity index is 1080. The van der Waals surface area contributed by atoms with Gasteiger partial charge < -0.3 is 18.8 Å². The predicted octanol–water partition coefficient (Wildman–Crippen LogP) is 5.93. The van der Waals surface area contributed by atoms with Gasteiger partial charge in [0.25, 0.3) is 0 Å². The minimum atomic E-state index is -0.189. The fourth-order valence-electron chi connectivity index (χ4n) is 4.56. The Balaban J connectivity index is 1.28. The quantitative estimate of drug-likeness (QED) is 0.394. The van der Waals surface area contributed by atoms with Crippen LogP contribution in [0.15, 0.2) is 59.0 Å². The van der Waals surface area contributed by atoms with Gasteiger partial charge in [0.05, 0.1) is 18.9 Å². The van der Waals surface area contributed by atoms with Gasteiger partial charge in [0, 0.05) is 25.1 Å². The van der Waals surface area contributed by atoms with E-state index in [1.165, 1.54) is 5.56 Å². The van der Waals surface area contributed by atoms with Gasteiger partial charge in [-0.15, -0.1) is 0 Å². The van der Waals surface area contributed by atoms with E-state index in [9.17, 15) is 4.79 Å². The first-order valence-electron chi connectivity index (χ1n) is 12.2. The van der Waals surface area contributed by atoms with Crippen molar-refractivity contribution in [2.45, 2.75) is 40.0 Å². The van der Waals surface area contributed by atoms with Crippen molar-refractivity contribution in [3.63, 3.8) is 0 Å². The molecule has 0 bridgehead atoms. The van der Waals surface area contributed by atoms with Gasteiger partial charge in [0.1, 0.15) is 11.5 Å². The molecule has 1 fully saturated rings. The lowest BCUT2D eigenvalue weighted by atomic mass is 9.88. The third-order valence-corrected chi connectivity index (χ3v) is 6.53. The molecule has 2 atom stereocenters. The van der Waals surface area contributed by atoms with E-state index in [4.69, 9.17) is 13.9 Å². The molecule has 6 heteroatoms. The molecule has 1 unspecified atom stereocenters. The van der Waals surface area contributed by atoms with E-state index in [2.05, 4.69) is 24.0 Å². The lowest BCUT2D eigenvalue weighted by Gasteiger charge is -2.20. The van der Waals surface area contributed by atoms with Gasteiger partial charge in [0.15, 0.2) is 0 Å². The fourth-order valence-corrected chi connectivity index (χ4v) is 4.56. The number of ether oxygens (including phenoxy) is 2. The van der Waals surface area contributed by atoms with Crippen LogP contribution in [0.3, 0.4) is 0 Å². The number of benzene rings is 2. The van der Waals surface area contributed by atoms with Gasteiger partial charge >= 0.3 is 6.09 Å². The van der Waals surface area contributed by atoms with Gasteiger partial charge in [-0.3, -0.25) is 0 Å². The molecule has 0 N–H and O–H groups in total. The number of aryl methyl sites for hydroxylation is 1. The molecule has 0 aliphatic carbocycles. The first-order chi connectivity index (χ1) is 16.5. The molecule has 0 saturated carbocycles. The van der Waals surface area contributed by atoms with Crippen LogP contribution in [0.4, 0.5) is 4.79 Å². The van der Waals surface area contributed by atoms with Crippen molar-refractivity contribution in [2.24, 2.45) is 11.8 Å². The summed E-state index contributed by atoms with van der Waals surface area (Å²) in [6.45, 7) is 8.58. The third-order valence-electron chi connectivity index (χ3n) is 6.53. The Morgan fingerprint density at radius 1 is 1.21 bits per heavy atom. The van der Waals surface area contributed by atoms with Crippen molar-refractivity contribution < 1.29 is 18.7 Å². The molecule has 1 aliphatic heterocycles. The van der Waals surface area contributed by atoms with Crippen LogP contribution < -0.4 is 4.74 Å². The first-order valence-corrected chi connectivity index (χ1v) is 12.2. The number of oxazole rings is 1. The fraction of sp³-hybridized carbons (Fsp3) is 0.429. The summed E-state index contributed by atoms with van der Waals surface area (Å²) in [5.41, 5.74) is 3.16. The smallest absolute Gasteiger partial charge is 0.409 e. The van der Waals surface area contributed by atoms with Gasteiger partial charge in [-0.25, -0.2) is 9.78 Å². The minimum absolute atomic E-state index is 0.189. The van der Waals surface area contributed by atoms with Crippen molar-refractivity contribution in [3.05, 3.63) is 71.6 Å². The monoisotopic (exact) mass is 462 g/mol. The second-order valence-electron chi connectivity index (χ2n) is 9.01. The van der Waals surface area contributed by atoms with Crippen LogP contribution >= 0.6 is 0 Å². The van der Waals surface area contributed by atoms with Crippen LogP contribution in [0.2, 0.25) is 0 Å². The summed E-state index contributed by atoms with van der Waals surface area (Å²) in [4.78, 5) is 18.5. The average molecular weight is 463 g/mol. The average Bonchev–Trinajstić information content (AvgIpc) is 3.48. The molecule has 1 aliphatic rings. The molecule has 6 nitrogen and oxygen atoms in total. The highest BCUT2D eigenvalue weighted by Crippen LogP contribution is 2.28. The number of amides is 1. The summed E-state index contributed by atoms with van der Waals surface area (Å²) in [6, 6.07) is 18.3. The van der Waals surface area contributed by atoms with Crippen LogP contribution in [0.25, 0.3) is 11.5 Å². The molecule has 2 heterocycles. The van der Waals surface area contributed by atoms with Crippen molar-refractivity contribution in [3.8, 4) is 17.2 Å². The minimum Gasteiger partial charge on any atom is -0.493 e. The lowest BCUT2D eigenvalue weighted by Crippen LogP contribution is -2.30. The van der Waals surface area contributed by atoms with E-state index >= 15 is 0 Å². The van der Waals surface area contributed by atoms with E-state index < -0.39 is 0 Å². The zero-order valence-electron chi connectivity index (χ0n) is 20.3. The predicted molar refractivity (Wildman–Crippen MR) is 132 cm³/mol. The van der Waals surface area contributed by atoms with Gasteiger partial charge in [0.2, 0.25) is 5.89 Å². The molecule has 1 amide bonds. The number of carbonyl (C=O) groups excluding carboxylic acids is 1. The van der Waals surface area contributed by atoms with E-state index in [1.807, 2.05) is 61.2 Å². The topological polar surface area (TPSA) is 64.8 Å². The Morgan fingerprint density at radius 3 is 2.82 bits per heavy atom. The highest BCUT2D eigenvalue weighted by atomic mass is 16.6. The van der Waals surface area contributed by atoms with Gasteiger partial charge in [-0.2, -0.15) is 0 Å². The Kier molecular flexibility index (Phi) is 7.88. The maximum absolute atomic E-state index is 12.0. The van der Waals surface area contributed by atoms with Crippen molar-refractivity contribution >= 4 is 6.09 Å². The third kappa shape index (κ3) is 5.99. The van der Waals surface area contributed by atoms with Crippen LogP contribution in [0.5, 0.6) is 5.75 Å². The molecule has 34 heavy (non-hydrogen) atoms. The van der Waals surface area contributed by atoms with Crippen LogP contribution in [0, 0.1) is 18.8 Å². The lowest BCUT2D eigenvalue weighted by molar-refractivity contribution is 0.113. The number of nitrogens with zero attached hydrogens (tertiary/aromatic N) is 2. The maximum Gasteiger partial charge on any atom is 0.409 e. The standard InChI is InChI=1S/C28H34N2O4/c1-4-32-28(31)30-15-13-24(19-30)20(2)17-22-9-8-12-25(18-22)33-16-14-26-21(3)34-27(29-26)23-10-6-5-7-11-23/h5-12,18,20,24H,4,13-17,19H2,1-3H3/t20?,24-/m1/s1. The summed E-state index contributed by atoms with van der Waals surface area (Å²) < 4.78 is 17.1. The van der Waals surface area contributed by atoms with Crippen LogP contribution in [-0.4, -0.2) is 42.3 Å². The van der Waals surface area contributed by atoms with E-state index in [-0.39, 0.29) is 6.09 Å². The molecule has 1 saturated heterocycles. The van der Waals surface area contributed by atoms with Crippen molar-refractivity contribution in [1.82, 2.24) is 9.88 Å². The first kappa shape index (κ1) is 23.9. The van der Waals surface area contributed by atoms with Crippen LogP contribution in [0.1, 0.15) is 37.3 Å². The Labute approximate surface area is 201 Å². The molecule has 3 aromatic rings. The summed E-state index contributed by atoms with van der Waals surface area (Å²) >= 11 is 0. The molecule has 4 rings (SSSR count). The SMILES string of the molecule is CCOC(=O)N1CC[C@@H](C(C)Cc2cccc(OCCc3nc(-c4ccccc4)oc3C)c2)C1. The maximum atomic E-state index is 12.0. The summed E-state index contributed by atoms with van der Waals surface area (Å²) in [6.07, 6.45) is 2.49. The molecule has 180 valence electrons. The zero-order valence-corrected chi connectivity index (χ0v) is 20.3. The van der Waals surface area contributed by atoms with Crippen LogP contribution in [-0.2, 0) is 17.6 Å². The summed E-state index contributed by atoms with van der Waals surface area (Å²) in [7, 11) is 0. The molecule has 1 aromatic heterocycles. The summed E-state index contributed by atoms with van der Waals surface area (Å²) in [5, 5.41) is 0. The number of likely N-dealkylation sites (tertiary alicyclic amines) is 1. The van der Waals surface area contributed by atoms with Crippen molar-refractivity contribution in [2.75, 3.05) is 26.3 Å². The molecular formula is C28H34N2O4. The van der Waals surface area contributed by atoms with Gasteiger partial charge in [-0.05, 0) is 68.4 Å². The highest BCUT2D eigenvalue weighted by molar-refractivity contribution is 5.67. The second kappa shape index (κ2) is 11.2. The Hall–Kier alpha value is -3.28. The number of hydrogen-bond acceptors (Lipinski definition) is 5. The number of rotatable bonds is 9. The number of hydrogen-bond donors (Lipinski definition) is 0. The molecular weight excluding hydrogens is 428 g/mol. The highest BCUT2D eigenvalue weighted by Gasteiger charge is 2.30. The largest absolute Gasteiger partial charge is 0.493 e. The number of carbonyl (C=O) groups is 1. The molecule has 2 aromatic carbocycles. The Morgan fingerprint density at radius 2 is 2.03 bits per heavy atom. The second-order valence-corrected chi connectivity index (χ2v) is 9.01. The van der Waals surface area contributed by atoms with E-state index in [0.717, 1.165) is 48.7 Å². The number of aromatic nitrogens is 1. The van der Waals surface area contributed by atoms with E-state index in [1.54, 1.807) is 0 Å².